The van der Waals surface area contributed by atoms with Crippen LogP contribution in [-0.2, 0) is 28.9 Å². The standard InChI is InChI=1S/C47H91NO11S/c1-3-5-7-9-11-13-15-17-18-19-20-21-22-23-24-25-26-28-30-32-34-36-41(50)40(48-43(51)37-35-33-31-29-27-16-14-12-10-8-6-4-2)39-57-47-45(53)46(59-60(54,55)56)44(52)42(38-49)58-47/h12,14,40-42,44-47,49-50,52-53H,3-11,13,15-39H2,1-2H3,(H,48,51)(H,54,55,56)/b14-12-. The molecule has 1 aliphatic rings. The van der Waals surface area contributed by atoms with Crippen molar-refractivity contribution >= 4 is 16.3 Å². The normalized spacial score (nSPS) is 20.8. The maximum Gasteiger partial charge on any atom is 0.397 e. The van der Waals surface area contributed by atoms with Crippen LogP contribution >= 0.6 is 0 Å². The molecule has 1 fully saturated rings. The number of rotatable bonds is 42. The van der Waals surface area contributed by atoms with Gasteiger partial charge in [-0.05, 0) is 38.5 Å². The molecule has 7 atom stereocenters. The van der Waals surface area contributed by atoms with Gasteiger partial charge in [-0.1, -0.05) is 193 Å². The van der Waals surface area contributed by atoms with Gasteiger partial charge in [-0.15, -0.1) is 0 Å². The Morgan fingerprint density at radius 3 is 1.53 bits per heavy atom. The molecular formula is C47H91NO11S. The predicted molar refractivity (Wildman–Crippen MR) is 241 cm³/mol. The Kier molecular flexibility index (Phi) is 36.3. The average molecular weight is 878 g/mol. The molecule has 1 rings (SSSR count). The zero-order valence-electron chi connectivity index (χ0n) is 38.0. The van der Waals surface area contributed by atoms with E-state index in [0.29, 0.717) is 12.8 Å². The lowest BCUT2D eigenvalue weighted by molar-refractivity contribution is -0.298. The topological polar surface area (TPSA) is 192 Å². The molecule has 0 spiro atoms. The highest BCUT2D eigenvalue weighted by atomic mass is 32.3. The maximum atomic E-state index is 13.0. The van der Waals surface area contributed by atoms with Crippen LogP contribution in [-0.4, -0.2) is 95.4 Å². The van der Waals surface area contributed by atoms with Crippen molar-refractivity contribution in [2.45, 2.75) is 269 Å². The average Bonchev–Trinajstić information content (AvgIpc) is 3.22. The molecule has 60 heavy (non-hydrogen) atoms. The number of carbonyl (C=O) groups is 1. The number of aliphatic hydroxyl groups excluding tert-OH is 4. The number of hydrogen-bond acceptors (Lipinski definition) is 10. The Labute approximate surface area is 366 Å². The maximum absolute atomic E-state index is 13.0. The smallest absolute Gasteiger partial charge is 0.394 e. The molecule has 7 unspecified atom stereocenters. The first-order valence-corrected chi connectivity index (χ1v) is 25.9. The van der Waals surface area contributed by atoms with E-state index in [1.165, 1.54) is 128 Å². The summed E-state index contributed by atoms with van der Waals surface area (Å²) in [5.74, 6) is -0.238. The summed E-state index contributed by atoms with van der Waals surface area (Å²) in [4.78, 5) is 13.0. The number of nitrogens with one attached hydrogen (secondary N) is 1. The summed E-state index contributed by atoms with van der Waals surface area (Å²) >= 11 is 0. The van der Waals surface area contributed by atoms with Gasteiger partial charge in [-0.25, -0.2) is 4.18 Å². The summed E-state index contributed by atoms with van der Waals surface area (Å²) in [6.07, 6.45) is 33.6. The van der Waals surface area contributed by atoms with E-state index in [1.54, 1.807) is 0 Å². The van der Waals surface area contributed by atoms with Crippen molar-refractivity contribution in [2.75, 3.05) is 13.2 Å². The van der Waals surface area contributed by atoms with E-state index in [1.807, 2.05) is 0 Å². The van der Waals surface area contributed by atoms with Crippen LogP contribution in [0.15, 0.2) is 12.2 Å². The van der Waals surface area contributed by atoms with Gasteiger partial charge in [-0.2, -0.15) is 8.42 Å². The third-order valence-corrected chi connectivity index (χ3v) is 12.3. The Bertz CT molecular complexity index is 1130. The van der Waals surface area contributed by atoms with Crippen LogP contribution in [0, 0.1) is 0 Å². The molecule has 12 nitrogen and oxygen atoms in total. The minimum absolute atomic E-state index is 0.238. The molecule has 6 N–H and O–H groups in total. The number of ether oxygens (including phenoxy) is 2. The summed E-state index contributed by atoms with van der Waals surface area (Å²) in [5.41, 5.74) is 0. The minimum atomic E-state index is -5.07. The third kappa shape index (κ3) is 30.8. The van der Waals surface area contributed by atoms with Gasteiger partial charge in [0.25, 0.3) is 0 Å². The molecule has 0 aromatic heterocycles. The highest BCUT2D eigenvalue weighted by Gasteiger charge is 2.48. The molecule has 0 saturated carbocycles. The van der Waals surface area contributed by atoms with Gasteiger partial charge in [0, 0.05) is 6.42 Å². The van der Waals surface area contributed by atoms with E-state index < -0.39 is 59.9 Å². The summed E-state index contributed by atoms with van der Waals surface area (Å²) < 4.78 is 47.7. The summed E-state index contributed by atoms with van der Waals surface area (Å²) in [6, 6.07) is -0.858. The second kappa shape index (κ2) is 38.3. The van der Waals surface area contributed by atoms with Crippen LogP contribution in [0.4, 0.5) is 0 Å². The molecule has 0 bridgehead atoms. The van der Waals surface area contributed by atoms with Gasteiger partial charge in [-0.3, -0.25) is 9.35 Å². The highest BCUT2D eigenvalue weighted by Crippen LogP contribution is 2.26. The minimum Gasteiger partial charge on any atom is -0.394 e. The predicted octanol–water partition coefficient (Wildman–Crippen LogP) is 9.95. The second-order valence-corrected chi connectivity index (χ2v) is 18.5. The Morgan fingerprint density at radius 2 is 1.07 bits per heavy atom. The van der Waals surface area contributed by atoms with Gasteiger partial charge in [0.15, 0.2) is 6.29 Å². The van der Waals surface area contributed by atoms with Crippen LogP contribution in [0.2, 0.25) is 0 Å². The number of allylic oxidation sites excluding steroid dienone is 2. The third-order valence-electron chi connectivity index (χ3n) is 11.8. The first-order chi connectivity index (χ1) is 29.0. The molecule has 1 heterocycles. The molecule has 1 amide bonds. The Balaban J connectivity index is 2.42. The number of hydrogen-bond donors (Lipinski definition) is 6. The van der Waals surface area contributed by atoms with Crippen molar-refractivity contribution in [2.24, 2.45) is 0 Å². The summed E-state index contributed by atoms with van der Waals surface area (Å²) in [6.45, 7) is 3.43. The number of unbranched alkanes of at least 4 members (excludes halogenated alkanes) is 28. The molecule has 356 valence electrons. The molecule has 0 aliphatic carbocycles. The lowest BCUT2D eigenvalue weighted by Crippen LogP contribution is -2.61. The van der Waals surface area contributed by atoms with Crippen molar-refractivity contribution in [3.8, 4) is 0 Å². The first-order valence-electron chi connectivity index (χ1n) is 24.6. The molecular weight excluding hydrogens is 787 g/mol. The number of aliphatic hydroxyl groups is 4. The van der Waals surface area contributed by atoms with E-state index in [-0.39, 0.29) is 18.9 Å². The van der Waals surface area contributed by atoms with Crippen molar-refractivity contribution in [1.29, 1.82) is 0 Å². The first kappa shape index (κ1) is 56.9. The van der Waals surface area contributed by atoms with Crippen molar-refractivity contribution in [1.82, 2.24) is 5.32 Å². The monoisotopic (exact) mass is 878 g/mol. The SMILES string of the molecule is CCCCC/C=C\CCCCCCCC(=O)NC(COC1OC(CO)C(O)C(OS(=O)(=O)O)C1O)C(O)CCCCCCCCCCCCCCCCCCCCCCC. The lowest BCUT2D eigenvalue weighted by atomic mass is 9.99. The fourth-order valence-corrected chi connectivity index (χ4v) is 8.49. The largest absolute Gasteiger partial charge is 0.397 e. The van der Waals surface area contributed by atoms with E-state index in [4.69, 9.17) is 9.47 Å². The van der Waals surface area contributed by atoms with E-state index in [2.05, 4.69) is 35.5 Å². The number of carbonyl (C=O) groups excluding carboxylic acids is 1. The number of amides is 1. The van der Waals surface area contributed by atoms with Crippen molar-refractivity contribution in [3.63, 3.8) is 0 Å². The quantitative estimate of drug-likeness (QED) is 0.0194. The van der Waals surface area contributed by atoms with E-state index in [9.17, 15) is 38.2 Å². The fraction of sp³-hybridized carbons (Fsp3) is 0.936. The van der Waals surface area contributed by atoms with Crippen LogP contribution in [0.25, 0.3) is 0 Å². The zero-order valence-corrected chi connectivity index (χ0v) is 38.9. The van der Waals surface area contributed by atoms with E-state index >= 15 is 0 Å². The van der Waals surface area contributed by atoms with E-state index in [0.717, 1.165) is 64.2 Å². The van der Waals surface area contributed by atoms with Crippen LogP contribution < -0.4 is 5.32 Å². The Morgan fingerprint density at radius 1 is 0.650 bits per heavy atom. The lowest BCUT2D eigenvalue weighted by Gasteiger charge is -2.41. The Hall–Kier alpha value is -1.16. The fourth-order valence-electron chi connectivity index (χ4n) is 7.98. The van der Waals surface area contributed by atoms with Gasteiger partial charge < -0.3 is 35.2 Å². The second-order valence-electron chi connectivity index (χ2n) is 17.4. The molecule has 0 radical (unpaired) electrons. The summed E-state index contributed by atoms with van der Waals surface area (Å²) in [5, 5.41) is 44.9. The molecule has 1 aliphatic heterocycles. The van der Waals surface area contributed by atoms with Crippen molar-refractivity contribution in [3.05, 3.63) is 12.2 Å². The molecule has 1 saturated heterocycles. The van der Waals surface area contributed by atoms with Gasteiger partial charge in [0.2, 0.25) is 5.91 Å². The van der Waals surface area contributed by atoms with Crippen LogP contribution in [0.3, 0.4) is 0 Å². The molecule has 0 aromatic carbocycles. The van der Waals surface area contributed by atoms with Crippen LogP contribution in [0.5, 0.6) is 0 Å². The highest BCUT2D eigenvalue weighted by molar-refractivity contribution is 7.80. The zero-order chi connectivity index (χ0) is 44.1. The molecule has 13 heteroatoms. The van der Waals surface area contributed by atoms with Crippen molar-refractivity contribution < 1.29 is 51.8 Å². The van der Waals surface area contributed by atoms with Gasteiger partial charge >= 0.3 is 10.4 Å². The molecule has 0 aromatic rings. The van der Waals surface area contributed by atoms with Crippen LogP contribution in [0.1, 0.15) is 226 Å². The van der Waals surface area contributed by atoms with Gasteiger partial charge in [0.05, 0.1) is 25.4 Å². The van der Waals surface area contributed by atoms with Gasteiger partial charge in [0.1, 0.15) is 24.4 Å². The summed E-state index contributed by atoms with van der Waals surface area (Å²) in [7, 11) is -5.07.